The van der Waals surface area contributed by atoms with Crippen molar-refractivity contribution in [1.29, 1.82) is 0 Å². The first-order valence-corrected chi connectivity index (χ1v) is 12.1. The number of fused-ring (bicyclic) bond motifs is 1. The van der Waals surface area contributed by atoms with E-state index in [2.05, 4.69) is 20.1 Å². The van der Waals surface area contributed by atoms with E-state index in [0.717, 1.165) is 50.5 Å². The maximum absolute atomic E-state index is 13.9. The van der Waals surface area contributed by atoms with Crippen LogP contribution < -0.4 is 15.1 Å². The van der Waals surface area contributed by atoms with Gasteiger partial charge in [0.15, 0.2) is 0 Å². The molecule has 4 heterocycles. The van der Waals surface area contributed by atoms with Crippen molar-refractivity contribution >= 4 is 32.4 Å². The first-order chi connectivity index (χ1) is 15.1. The molecular formula is C22H27N5O3S. The van der Waals surface area contributed by atoms with E-state index in [4.69, 9.17) is 4.74 Å². The van der Waals surface area contributed by atoms with E-state index in [1.54, 1.807) is 37.7 Å². The molecule has 0 radical (unpaired) electrons. The Morgan fingerprint density at radius 3 is 2.61 bits per heavy atom. The SMILES string of the molecule is COC1CCN(c2ccccc2S(=O)(=O)n2cc(N3CCNCC3)c3ncccc32)C1. The number of pyridine rings is 1. The molecule has 2 aliphatic heterocycles. The van der Waals surface area contributed by atoms with Gasteiger partial charge in [-0.2, -0.15) is 0 Å². The summed E-state index contributed by atoms with van der Waals surface area (Å²) in [4.78, 5) is 9.14. The maximum atomic E-state index is 13.9. The Balaban J connectivity index is 1.61. The first kappa shape index (κ1) is 20.3. The van der Waals surface area contributed by atoms with Gasteiger partial charge in [-0.15, -0.1) is 0 Å². The normalized spacial score (nSPS) is 20.0. The molecule has 8 nitrogen and oxygen atoms in total. The molecule has 31 heavy (non-hydrogen) atoms. The predicted octanol–water partition coefficient (Wildman–Crippen LogP) is 1.91. The average Bonchev–Trinajstić information content (AvgIpc) is 3.45. The molecule has 2 aromatic heterocycles. The van der Waals surface area contributed by atoms with Crippen molar-refractivity contribution in [3.05, 3.63) is 48.8 Å². The predicted molar refractivity (Wildman–Crippen MR) is 121 cm³/mol. The van der Waals surface area contributed by atoms with Crippen molar-refractivity contribution in [2.75, 3.05) is 56.2 Å². The highest BCUT2D eigenvalue weighted by molar-refractivity contribution is 7.90. The van der Waals surface area contributed by atoms with Crippen molar-refractivity contribution in [2.24, 2.45) is 0 Å². The van der Waals surface area contributed by atoms with E-state index in [-0.39, 0.29) is 6.10 Å². The maximum Gasteiger partial charge on any atom is 0.270 e. The van der Waals surface area contributed by atoms with Crippen LogP contribution in [0.5, 0.6) is 0 Å². The molecule has 2 fully saturated rings. The van der Waals surface area contributed by atoms with Gasteiger partial charge in [0.2, 0.25) is 0 Å². The van der Waals surface area contributed by atoms with Crippen molar-refractivity contribution in [3.63, 3.8) is 0 Å². The molecule has 3 aromatic rings. The standard InChI is InChI=1S/C22H27N5O3S/c1-30-17-8-12-26(15-17)18-5-2-3-7-21(18)31(28,29)27-16-20(25-13-10-23-11-14-25)22-19(27)6-4-9-24-22/h2-7,9,16-17,23H,8,10-15H2,1H3. The first-order valence-electron chi connectivity index (χ1n) is 10.6. The molecule has 1 N–H and O–H groups in total. The van der Waals surface area contributed by atoms with Gasteiger partial charge in [-0.05, 0) is 30.7 Å². The van der Waals surface area contributed by atoms with Crippen LogP contribution in [0.4, 0.5) is 11.4 Å². The van der Waals surface area contributed by atoms with Gasteiger partial charge in [0, 0.05) is 58.8 Å². The summed E-state index contributed by atoms with van der Waals surface area (Å²) in [6, 6.07) is 10.8. The quantitative estimate of drug-likeness (QED) is 0.648. The van der Waals surface area contributed by atoms with Crippen LogP contribution in [0.3, 0.4) is 0 Å². The second-order valence-electron chi connectivity index (χ2n) is 7.98. The van der Waals surface area contributed by atoms with Crippen LogP contribution in [0.1, 0.15) is 6.42 Å². The Bertz CT molecular complexity index is 1190. The molecule has 0 amide bonds. The number of nitrogens with zero attached hydrogens (tertiary/aromatic N) is 4. The third-order valence-electron chi connectivity index (χ3n) is 6.18. The zero-order chi connectivity index (χ0) is 21.4. The summed E-state index contributed by atoms with van der Waals surface area (Å²) < 4.78 is 34.7. The zero-order valence-electron chi connectivity index (χ0n) is 17.6. The van der Waals surface area contributed by atoms with Crippen LogP contribution in [-0.4, -0.2) is 69.9 Å². The lowest BCUT2D eigenvalue weighted by Crippen LogP contribution is -2.43. The number of para-hydroxylation sites is 1. The second kappa shape index (κ2) is 8.14. The fourth-order valence-corrected chi connectivity index (χ4v) is 6.10. The molecule has 1 aromatic carbocycles. The summed E-state index contributed by atoms with van der Waals surface area (Å²) in [5.41, 5.74) is 2.89. The number of anilines is 2. The third kappa shape index (κ3) is 3.56. The number of benzene rings is 1. The van der Waals surface area contributed by atoms with Gasteiger partial charge in [0.1, 0.15) is 10.4 Å². The van der Waals surface area contributed by atoms with E-state index in [1.165, 1.54) is 3.97 Å². The largest absolute Gasteiger partial charge is 0.380 e. The number of methoxy groups -OCH3 is 1. The molecule has 2 saturated heterocycles. The van der Waals surface area contributed by atoms with E-state index in [1.807, 2.05) is 18.2 Å². The van der Waals surface area contributed by atoms with E-state index in [0.29, 0.717) is 22.5 Å². The Hall–Kier alpha value is -2.62. The molecule has 164 valence electrons. The molecule has 1 unspecified atom stereocenters. The lowest BCUT2D eigenvalue weighted by atomic mass is 10.3. The minimum absolute atomic E-state index is 0.117. The van der Waals surface area contributed by atoms with Crippen LogP contribution in [0.15, 0.2) is 53.7 Å². The molecule has 0 bridgehead atoms. The highest BCUT2D eigenvalue weighted by Gasteiger charge is 2.30. The smallest absolute Gasteiger partial charge is 0.270 e. The van der Waals surface area contributed by atoms with Crippen molar-refractivity contribution in [3.8, 4) is 0 Å². The van der Waals surface area contributed by atoms with Crippen molar-refractivity contribution < 1.29 is 13.2 Å². The van der Waals surface area contributed by atoms with Crippen LogP contribution >= 0.6 is 0 Å². The monoisotopic (exact) mass is 441 g/mol. The number of ether oxygens (including phenoxy) is 1. The number of aromatic nitrogens is 2. The molecule has 1 atom stereocenters. The van der Waals surface area contributed by atoms with Crippen LogP contribution in [0.2, 0.25) is 0 Å². The van der Waals surface area contributed by atoms with Gasteiger partial charge in [-0.1, -0.05) is 12.1 Å². The fourth-order valence-electron chi connectivity index (χ4n) is 4.53. The van der Waals surface area contributed by atoms with Gasteiger partial charge in [0.05, 0.1) is 23.0 Å². The summed E-state index contributed by atoms with van der Waals surface area (Å²) in [7, 11) is -2.12. The zero-order valence-corrected chi connectivity index (χ0v) is 18.4. The number of rotatable bonds is 5. The number of hydrogen-bond acceptors (Lipinski definition) is 7. The average molecular weight is 442 g/mol. The van der Waals surface area contributed by atoms with Crippen LogP contribution in [0, 0.1) is 0 Å². The Kier molecular flexibility index (Phi) is 5.33. The molecule has 0 saturated carbocycles. The topological polar surface area (TPSA) is 79.7 Å². The molecule has 2 aliphatic rings. The number of nitrogens with one attached hydrogen (secondary N) is 1. The summed E-state index contributed by atoms with van der Waals surface area (Å²) in [5, 5.41) is 3.34. The number of hydrogen-bond donors (Lipinski definition) is 1. The minimum atomic E-state index is -3.82. The number of piperazine rings is 1. The molecule has 0 spiro atoms. The molecular weight excluding hydrogens is 414 g/mol. The van der Waals surface area contributed by atoms with Gasteiger partial charge in [0.25, 0.3) is 10.0 Å². The molecule has 5 rings (SSSR count). The highest BCUT2D eigenvalue weighted by atomic mass is 32.2. The second-order valence-corrected chi connectivity index (χ2v) is 9.77. The third-order valence-corrected chi connectivity index (χ3v) is 7.91. The molecule has 0 aliphatic carbocycles. The van der Waals surface area contributed by atoms with Crippen LogP contribution in [0.25, 0.3) is 11.0 Å². The lowest BCUT2D eigenvalue weighted by Gasteiger charge is -2.28. The van der Waals surface area contributed by atoms with Crippen molar-refractivity contribution in [2.45, 2.75) is 17.4 Å². The van der Waals surface area contributed by atoms with Crippen molar-refractivity contribution in [1.82, 2.24) is 14.3 Å². The van der Waals surface area contributed by atoms with Gasteiger partial charge in [-0.25, -0.2) is 12.4 Å². The van der Waals surface area contributed by atoms with Gasteiger partial charge >= 0.3 is 0 Å². The van der Waals surface area contributed by atoms with E-state index < -0.39 is 10.0 Å². The van der Waals surface area contributed by atoms with Gasteiger partial charge < -0.3 is 19.9 Å². The minimum Gasteiger partial charge on any atom is -0.380 e. The summed E-state index contributed by atoms with van der Waals surface area (Å²) in [6.45, 7) is 4.82. The fraction of sp³-hybridized carbons (Fsp3) is 0.409. The van der Waals surface area contributed by atoms with Gasteiger partial charge in [-0.3, -0.25) is 4.98 Å². The van der Waals surface area contributed by atoms with Crippen LogP contribution in [-0.2, 0) is 14.8 Å². The van der Waals surface area contributed by atoms with E-state index >= 15 is 0 Å². The summed E-state index contributed by atoms with van der Waals surface area (Å²) in [6.07, 6.45) is 4.45. The molecule has 9 heteroatoms. The summed E-state index contributed by atoms with van der Waals surface area (Å²) >= 11 is 0. The highest BCUT2D eigenvalue weighted by Crippen LogP contribution is 2.34. The lowest BCUT2D eigenvalue weighted by molar-refractivity contribution is 0.121. The Morgan fingerprint density at radius 2 is 1.84 bits per heavy atom. The van der Waals surface area contributed by atoms with E-state index in [9.17, 15) is 8.42 Å². The Labute approximate surface area is 182 Å². The Morgan fingerprint density at radius 1 is 1.03 bits per heavy atom. The summed E-state index contributed by atoms with van der Waals surface area (Å²) in [5.74, 6) is 0.